The number of ether oxygens (including phenoxy) is 1. The normalized spacial score (nSPS) is 18.5. The van der Waals surface area contributed by atoms with E-state index in [0.29, 0.717) is 41.2 Å². The maximum absolute atomic E-state index is 14.4. The molecule has 0 saturated carbocycles. The Morgan fingerprint density at radius 1 is 1.22 bits per heavy atom. The largest absolute Gasteiger partial charge is 0.507 e. The van der Waals surface area contributed by atoms with E-state index in [1.807, 2.05) is 11.8 Å². The molecule has 0 aliphatic carbocycles. The van der Waals surface area contributed by atoms with Crippen molar-refractivity contribution in [3.63, 3.8) is 0 Å². The molecule has 4 rings (SSSR count). The van der Waals surface area contributed by atoms with E-state index in [1.54, 1.807) is 37.3 Å². The second-order valence-corrected chi connectivity index (χ2v) is 7.85. The molecule has 2 heterocycles. The Morgan fingerprint density at radius 3 is 2.69 bits per heavy atom. The molecule has 0 radical (unpaired) electrons. The minimum absolute atomic E-state index is 0.0790. The van der Waals surface area contributed by atoms with Gasteiger partial charge in [0, 0.05) is 18.7 Å². The van der Waals surface area contributed by atoms with Crippen LogP contribution in [-0.4, -0.2) is 45.6 Å². The molecule has 0 bridgehead atoms. The number of nitrogens with zero attached hydrogens (tertiary/aromatic N) is 3. The van der Waals surface area contributed by atoms with Gasteiger partial charge in [-0.15, -0.1) is 10.2 Å². The molecule has 4 N–H and O–H groups in total. The van der Waals surface area contributed by atoms with Crippen LogP contribution in [0, 0.1) is 12.7 Å². The molecule has 32 heavy (non-hydrogen) atoms. The Morgan fingerprint density at radius 2 is 1.97 bits per heavy atom. The van der Waals surface area contributed by atoms with Crippen LogP contribution in [0.2, 0.25) is 0 Å². The molecule has 9 heteroatoms. The molecular formula is C23H23FN4O4. The van der Waals surface area contributed by atoms with Crippen molar-refractivity contribution in [3.8, 4) is 17.0 Å². The van der Waals surface area contributed by atoms with Crippen LogP contribution in [-0.2, 0) is 4.74 Å². The molecule has 0 spiro atoms. The van der Waals surface area contributed by atoms with Gasteiger partial charge in [0.1, 0.15) is 17.7 Å². The molecule has 1 aromatic heterocycles. The number of hydrogen-bond donors (Lipinski definition) is 3. The van der Waals surface area contributed by atoms with Crippen LogP contribution in [0.3, 0.4) is 0 Å². The van der Waals surface area contributed by atoms with Gasteiger partial charge in [-0.1, -0.05) is 12.1 Å². The average molecular weight is 438 g/mol. The number of aryl methyl sites for hydroxylation is 1. The summed E-state index contributed by atoms with van der Waals surface area (Å²) >= 11 is 0. The molecule has 1 aliphatic heterocycles. The second-order valence-electron chi connectivity index (χ2n) is 7.85. The van der Waals surface area contributed by atoms with Gasteiger partial charge in [0.25, 0.3) is 0 Å². The number of aromatic carboxylic acids is 1. The van der Waals surface area contributed by atoms with Crippen LogP contribution in [0.15, 0.2) is 42.5 Å². The number of morpholine rings is 1. The molecule has 1 saturated heterocycles. The zero-order chi connectivity index (χ0) is 23.0. The van der Waals surface area contributed by atoms with Crippen LogP contribution in [0.25, 0.3) is 11.3 Å². The Kier molecular flexibility index (Phi) is 5.67. The zero-order valence-corrected chi connectivity index (χ0v) is 17.6. The quantitative estimate of drug-likeness (QED) is 0.565. The van der Waals surface area contributed by atoms with E-state index in [2.05, 4.69) is 10.2 Å². The number of para-hydroxylation sites is 1. The van der Waals surface area contributed by atoms with E-state index >= 15 is 0 Å². The smallest absolute Gasteiger partial charge is 0.338 e. The number of phenols is 1. The average Bonchev–Trinajstić information content (AvgIpc) is 2.75. The predicted molar refractivity (Wildman–Crippen MR) is 117 cm³/mol. The van der Waals surface area contributed by atoms with E-state index in [4.69, 9.17) is 10.5 Å². The monoisotopic (exact) mass is 438 g/mol. The fraction of sp³-hybridized carbons (Fsp3) is 0.261. The van der Waals surface area contributed by atoms with E-state index in [9.17, 15) is 19.4 Å². The molecule has 1 fully saturated rings. The predicted octanol–water partition coefficient (Wildman–Crippen LogP) is 3.54. The number of carboxylic acids is 1. The number of nitrogens with two attached hydrogens (primary N) is 1. The number of halogens is 1. The molecule has 2 aromatic carbocycles. The van der Waals surface area contributed by atoms with Crippen LogP contribution in [0.4, 0.5) is 15.9 Å². The first kappa shape index (κ1) is 21.5. The van der Waals surface area contributed by atoms with Gasteiger partial charge in [0.05, 0.1) is 23.0 Å². The lowest BCUT2D eigenvalue weighted by Crippen LogP contribution is -2.43. The molecule has 0 unspecified atom stereocenters. The minimum Gasteiger partial charge on any atom is -0.507 e. The van der Waals surface area contributed by atoms with Crippen molar-refractivity contribution in [1.29, 1.82) is 0 Å². The van der Waals surface area contributed by atoms with Gasteiger partial charge in [-0.2, -0.15) is 0 Å². The summed E-state index contributed by atoms with van der Waals surface area (Å²) < 4.78 is 20.4. The highest BCUT2D eigenvalue weighted by Crippen LogP contribution is 2.35. The summed E-state index contributed by atoms with van der Waals surface area (Å²) in [5.41, 5.74) is 8.58. The van der Waals surface area contributed by atoms with Crippen LogP contribution in [0.5, 0.6) is 5.75 Å². The Bertz CT molecular complexity index is 1190. The van der Waals surface area contributed by atoms with Crippen molar-refractivity contribution in [2.75, 3.05) is 23.7 Å². The maximum Gasteiger partial charge on any atom is 0.338 e. The topological polar surface area (TPSA) is 122 Å². The molecule has 2 atom stereocenters. The molecule has 1 aliphatic rings. The van der Waals surface area contributed by atoms with E-state index in [0.717, 1.165) is 0 Å². The highest BCUT2D eigenvalue weighted by atomic mass is 19.1. The number of hydrogen-bond acceptors (Lipinski definition) is 7. The van der Waals surface area contributed by atoms with Crippen LogP contribution >= 0.6 is 0 Å². The molecule has 3 aromatic rings. The third-order valence-corrected chi connectivity index (χ3v) is 5.52. The van der Waals surface area contributed by atoms with E-state index in [-0.39, 0.29) is 23.2 Å². The first-order valence-corrected chi connectivity index (χ1v) is 10.1. The van der Waals surface area contributed by atoms with Gasteiger partial charge in [0.15, 0.2) is 5.82 Å². The minimum atomic E-state index is -1.32. The molecule has 8 nitrogen and oxygen atoms in total. The Labute approximate surface area is 184 Å². The lowest BCUT2D eigenvalue weighted by molar-refractivity contribution is -0.0178. The number of carbonyl (C=O) groups is 1. The number of benzene rings is 2. The number of anilines is 2. The number of rotatable bonds is 4. The zero-order valence-electron chi connectivity index (χ0n) is 17.6. The van der Waals surface area contributed by atoms with Crippen molar-refractivity contribution in [1.82, 2.24) is 10.2 Å². The van der Waals surface area contributed by atoms with Crippen LogP contribution < -0.4 is 10.6 Å². The van der Waals surface area contributed by atoms with Crippen molar-refractivity contribution in [2.24, 2.45) is 0 Å². The third-order valence-electron chi connectivity index (χ3n) is 5.52. The van der Waals surface area contributed by atoms with Gasteiger partial charge < -0.3 is 25.6 Å². The standard InChI is InChI=1S/C23H23FN4O4/c1-12-7-16(23(30)31)17(24)8-15(12)21-11-28(10-13(2)32-21)19-9-18(26-27-22(19)25)14-5-3-4-6-20(14)29/h3-9,13,21,29H,10-11H2,1-2H3,(H2,25,27)(H,30,31)/t13-,21-/m0/s1. The summed E-state index contributed by atoms with van der Waals surface area (Å²) in [7, 11) is 0. The third kappa shape index (κ3) is 4.06. The van der Waals surface area contributed by atoms with Gasteiger partial charge in [-0.3, -0.25) is 0 Å². The van der Waals surface area contributed by atoms with Crippen LogP contribution in [0.1, 0.15) is 34.5 Å². The van der Waals surface area contributed by atoms with E-state index < -0.39 is 17.9 Å². The fourth-order valence-corrected chi connectivity index (χ4v) is 3.99. The summed E-state index contributed by atoms with van der Waals surface area (Å²) in [6.07, 6.45) is -0.714. The number of phenolic OH excluding ortho intramolecular Hbond substituents is 1. The lowest BCUT2D eigenvalue weighted by atomic mass is 9.98. The fourth-order valence-electron chi connectivity index (χ4n) is 3.99. The van der Waals surface area contributed by atoms with Gasteiger partial charge in [-0.05, 0) is 55.3 Å². The summed E-state index contributed by atoms with van der Waals surface area (Å²) in [6, 6.07) is 11.1. The first-order chi connectivity index (χ1) is 15.2. The summed E-state index contributed by atoms with van der Waals surface area (Å²) in [5.74, 6) is -1.82. The molecule has 166 valence electrons. The van der Waals surface area contributed by atoms with Gasteiger partial charge in [0.2, 0.25) is 0 Å². The van der Waals surface area contributed by atoms with Crippen molar-refractivity contribution in [3.05, 3.63) is 65.0 Å². The Balaban J connectivity index is 1.69. The summed E-state index contributed by atoms with van der Waals surface area (Å²) in [4.78, 5) is 13.2. The molecular weight excluding hydrogens is 415 g/mol. The van der Waals surface area contributed by atoms with Crippen molar-refractivity contribution in [2.45, 2.75) is 26.1 Å². The lowest BCUT2D eigenvalue weighted by Gasteiger charge is -2.39. The highest BCUT2D eigenvalue weighted by molar-refractivity contribution is 5.88. The SMILES string of the molecule is Cc1cc(C(=O)O)c(F)cc1[C@@H]1CN(c2cc(-c3ccccc3O)nnc2N)C[C@H](C)O1. The highest BCUT2D eigenvalue weighted by Gasteiger charge is 2.30. The van der Waals surface area contributed by atoms with Gasteiger partial charge in [-0.25, -0.2) is 9.18 Å². The molecule has 0 amide bonds. The van der Waals surface area contributed by atoms with E-state index in [1.165, 1.54) is 12.1 Å². The van der Waals surface area contributed by atoms with Crippen molar-refractivity contribution >= 4 is 17.5 Å². The summed E-state index contributed by atoms with van der Waals surface area (Å²) in [5, 5.41) is 27.5. The van der Waals surface area contributed by atoms with Gasteiger partial charge >= 0.3 is 5.97 Å². The summed E-state index contributed by atoms with van der Waals surface area (Å²) in [6.45, 7) is 4.49. The number of aromatic hydroxyl groups is 1. The number of carboxylic acid groups (broad SMARTS) is 1. The first-order valence-electron chi connectivity index (χ1n) is 10.1. The Hall–Kier alpha value is -3.72. The number of aromatic nitrogens is 2. The maximum atomic E-state index is 14.4. The van der Waals surface area contributed by atoms with Crippen molar-refractivity contribution < 1.29 is 24.1 Å². The number of nitrogen functional groups attached to an aromatic ring is 1. The second kappa shape index (κ2) is 8.43.